The van der Waals surface area contributed by atoms with Gasteiger partial charge >= 0.3 is 5.97 Å². The second-order valence-electron chi connectivity index (χ2n) is 8.49. The van der Waals surface area contributed by atoms with Crippen molar-refractivity contribution in [3.63, 3.8) is 0 Å². The third-order valence-corrected chi connectivity index (χ3v) is 7.46. The van der Waals surface area contributed by atoms with Crippen LogP contribution in [0.1, 0.15) is 44.8 Å². The number of esters is 1. The Hall–Kier alpha value is -4.02. The summed E-state index contributed by atoms with van der Waals surface area (Å²) in [4.78, 5) is 31.8. The molecule has 174 valence electrons. The van der Waals surface area contributed by atoms with Crippen LogP contribution in [-0.2, 0) is 22.4 Å². The number of hydrogen-bond acceptors (Lipinski definition) is 6. The van der Waals surface area contributed by atoms with Crippen molar-refractivity contribution in [2.45, 2.75) is 32.6 Å². The van der Waals surface area contributed by atoms with Gasteiger partial charge in [-0.1, -0.05) is 48.5 Å². The molecule has 0 aliphatic heterocycles. The monoisotopic (exact) mass is 481 g/mol. The molecule has 1 N–H and O–H groups in total. The molecule has 0 atom stereocenters. The van der Waals surface area contributed by atoms with Gasteiger partial charge in [0.05, 0.1) is 22.3 Å². The van der Waals surface area contributed by atoms with E-state index in [0.717, 1.165) is 41.7 Å². The number of fused-ring (bicyclic) bond motifs is 2. The summed E-state index contributed by atoms with van der Waals surface area (Å²) in [7, 11) is 0. The van der Waals surface area contributed by atoms with Crippen LogP contribution in [0, 0.1) is 18.3 Å². The highest BCUT2D eigenvalue weighted by atomic mass is 32.1. The molecule has 35 heavy (non-hydrogen) atoms. The van der Waals surface area contributed by atoms with Gasteiger partial charge in [0.2, 0.25) is 0 Å². The Morgan fingerprint density at radius 2 is 1.83 bits per heavy atom. The van der Waals surface area contributed by atoms with Gasteiger partial charge in [0.25, 0.3) is 5.91 Å². The van der Waals surface area contributed by atoms with Crippen LogP contribution in [0.15, 0.2) is 54.6 Å². The largest absolute Gasteiger partial charge is 0.452 e. The van der Waals surface area contributed by atoms with Crippen molar-refractivity contribution in [2.24, 2.45) is 0 Å². The highest BCUT2D eigenvalue weighted by molar-refractivity contribution is 7.16. The maximum Gasteiger partial charge on any atom is 0.339 e. The Bertz CT molecular complexity index is 1490. The number of nitrogens with one attached hydrogen (secondary N) is 1. The van der Waals surface area contributed by atoms with Crippen LogP contribution in [0.4, 0.5) is 5.00 Å². The number of aryl methyl sites for hydroxylation is 1. The molecular weight excluding hydrogens is 458 g/mol. The van der Waals surface area contributed by atoms with E-state index in [1.54, 1.807) is 0 Å². The predicted molar refractivity (Wildman–Crippen MR) is 137 cm³/mol. The minimum Gasteiger partial charge on any atom is -0.452 e. The maximum absolute atomic E-state index is 13.2. The Kier molecular flexibility index (Phi) is 6.30. The number of aromatic nitrogens is 1. The van der Waals surface area contributed by atoms with Gasteiger partial charge in [-0.25, -0.2) is 9.78 Å². The molecule has 6 nitrogen and oxygen atoms in total. The summed E-state index contributed by atoms with van der Waals surface area (Å²) in [6.07, 6.45) is 3.93. The van der Waals surface area contributed by atoms with Crippen LogP contribution in [-0.4, -0.2) is 23.5 Å². The van der Waals surface area contributed by atoms with Crippen molar-refractivity contribution < 1.29 is 14.3 Å². The number of thiophene rings is 1. The van der Waals surface area contributed by atoms with Gasteiger partial charge in [-0.2, -0.15) is 5.26 Å². The summed E-state index contributed by atoms with van der Waals surface area (Å²) in [5.41, 5.74) is 4.94. The van der Waals surface area contributed by atoms with Crippen molar-refractivity contribution >= 4 is 39.1 Å². The zero-order chi connectivity index (χ0) is 24.4. The molecular formula is C28H23N3O3S. The molecule has 0 bridgehead atoms. The zero-order valence-electron chi connectivity index (χ0n) is 19.3. The van der Waals surface area contributed by atoms with Gasteiger partial charge in [0.15, 0.2) is 6.61 Å². The Morgan fingerprint density at radius 3 is 2.63 bits per heavy atom. The van der Waals surface area contributed by atoms with Gasteiger partial charge in [-0.05, 0) is 49.8 Å². The van der Waals surface area contributed by atoms with Crippen LogP contribution in [0.25, 0.3) is 22.2 Å². The van der Waals surface area contributed by atoms with E-state index in [0.29, 0.717) is 38.3 Å². The fourth-order valence-corrected chi connectivity index (χ4v) is 5.84. The average molecular weight is 482 g/mol. The maximum atomic E-state index is 13.2. The van der Waals surface area contributed by atoms with E-state index in [-0.39, 0.29) is 0 Å². The van der Waals surface area contributed by atoms with Crippen molar-refractivity contribution in [3.8, 4) is 17.3 Å². The first kappa shape index (κ1) is 22.8. The van der Waals surface area contributed by atoms with Gasteiger partial charge in [0.1, 0.15) is 11.1 Å². The fourth-order valence-electron chi connectivity index (χ4n) is 4.59. The number of hydrogen-bond donors (Lipinski definition) is 1. The molecule has 0 fully saturated rings. The molecule has 4 aromatic rings. The highest BCUT2D eigenvalue weighted by Crippen LogP contribution is 2.37. The second-order valence-corrected chi connectivity index (χ2v) is 9.60. The lowest BCUT2D eigenvalue weighted by atomic mass is 9.96. The third kappa shape index (κ3) is 4.41. The predicted octanol–water partition coefficient (Wildman–Crippen LogP) is 5.82. The molecule has 5 rings (SSSR count). The van der Waals surface area contributed by atoms with E-state index < -0.39 is 18.5 Å². The summed E-state index contributed by atoms with van der Waals surface area (Å²) in [6.45, 7) is 1.40. The molecule has 2 heterocycles. The molecule has 2 aromatic heterocycles. The number of ether oxygens (including phenoxy) is 1. The number of amides is 1. The van der Waals surface area contributed by atoms with E-state index in [1.165, 1.54) is 11.3 Å². The number of nitriles is 1. The molecule has 2 aromatic carbocycles. The molecule has 1 aliphatic rings. The quantitative estimate of drug-likeness (QED) is 0.363. The lowest BCUT2D eigenvalue weighted by Crippen LogP contribution is -2.21. The van der Waals surface area contributed by atoms with Gasteiger partial charge in [-0.15, -0.1) is 11.3 Å². The van der Waals surface area contributed by atoms with Crippen molar-refractivity contribution in [3.05, 3.63) is 81.7 Å². The number of rotatable bonds is 5. The SMILES string of the molecule is Cc1c(-c2ccccc2)nc2ccccc2c1C(=O)OCC(=O)Nc1sc2c(c1C#N)CCCC2. The minimum absolute atomic E-state index is 0.395. The van der Waals surface area contributed by atoms with Crippen LogP contribution in [0.2, 0.25) is 0 Å². The molecule has 7 heteroatoms. The van der Waals surface area contributed by atoms with Crippen LogP contribution in [0.5, 0.6) is 0 Å². The van der Waals surface area contributed by atoms with Crippen molar-refractivity contribution in [2.75, 3.05) is 11.9 Å². The molecule has 0 saturated carbocycles. The molecule has 1 aliphatic carbocycles. The Balaban J connectivity index is 1.39. The highest BCUT2D eigenvalue weighted by Gasteiger charge is 2.24. The smallest absolute Gasteiger partial charge is 0.339 e. The first-order valence-corrected chi connectivity index (χ1v) is 12.3. The van der Waals surface area contributed by atoms with E-state index in [1.807, 2.05) is 61.5 Å². The van der Waals surface area contributed by atoms with Crippen LogP contribution >= 0.6 is 11.3 Å². The lowest BCUT2D eigenvalue weighted by molar-refractivity contribution is -0.119. The topological polar surface area (TPSA) is 92.1 Å². The number of pyridine rings is 1. The van der Waals surface area contributed by atoms with Crippen molar-refractivity contribution in [1.29, 1.82) is 5.26 Å². The standard InChI is InChI=1S/C28H23N3O3S/c1-17-25(20-12-5-7-13-22(20)30-26(17)18-9-3-2-4-10-18)28(33)34-16-24(32)31-27-21(15-29)19-11-6-8-14-23(19)35-27/h2-5,7,9-10,12-13H,6,8,11,14,16H2,1H3,(H,31,32). The number of nitrogens with zero attached hydrogens (tertiary/aromatic N) is 2. The van der Waals surface area contributed by atoms with E-state index >= 15 is 0 Å². The molecule has 0 unspecified atom stereocenters. The van der Waals surface area contributed by atoms with E-state index in [4.69, 9.17) is 9.72 Å². The number of para-hydroxylation sites is 1. The Morgan fingerprint density at radius 1 is 1.09 bits per heavy atom. The first-order valence-electron chi connectivity index (χ1n) is 11.5. The van der Waals surface area contributed by atoms with Gasteiger partial charge in [-0.3, -0.25) is 4.79 Å². The number of carbonyl (C=O) groups is 2. The minimum atomic E-state index is -0.584. The number of anilines is 1. The number of benzene rings is 2. The van der Waals surface area contributed by atoms with E-state index in [2.05, 4.69) is 11.4 Å². The second kappa shape index (κ2) is 9.69. The molecule has 1 amide bonds. The van der Waals surface area contributed by atoms with E-state index in [9.17, 15) is 14.9 Å². The Labute approximate surface area is 207 Å². The summed E-state index contributed by atoms with van der Waals surface area (Å²) in [5.74, 6) is -1.05. The number of carbonyl (C=O) groups excluding carboxylic acids is 2. The third-order valence-electron chi connectivity index (χ3n) is 6.26. The zero-order valence-corrected chi connectivity index (χ0v) is 20.1. The fraction of sp³-hybridized carbons (Fsp3) is 0.214. The van der Waals surface area contributed by atoms with Crippen LogP contribution in [0.3, 0.4) is 0 Å². The summed E-state index contributed by atoms with van der Waals surface area (Å²) in [6, 6.07) is 19.3. The summed E-state index contributed by atoms with van der Waals surface area (Å²) in [5, 5.41) is 13.6. The normalized spacial score (nSPS) is 12.6. The lowest BCUT2D eigenvalue weighted by Gasteiger charge is -2.14. The molecule has 0 saturated heterocycles. The van der Waals surface area contributed by atoms with Crippen molar-refractivity contribution in [1.82, 2.24) is 4.98 Å². The van der Waals surface area contributed by atoms with Crippen LogP contribution < -0.4 is 5.32 Å². The van der Waals surface area contributed by atoms with Gasteiger partial charge in [0, 0.05) is 15.8 Å². The average Bonchev–Trinajstić information content (AvgIpc) is 3.24. The summed E-state index contributed by atoms with van der Waals surface area (Å²) < 4.78 is 5.46. The molecule has 0 radical (unpaired) electrons. The van der Waals surface area contributed by atoms with Gasteiger partial charge < -0.3 is 10.1 Å². The first-order chi connectivity index (χ1) is 17.1. The molecule has 0 spiro atoms. The summed E-state index contributed by atoms with van der Waals surface area (Å²) >= 11 is 1.45.